The van der Waals surface area contributed by atoms with Crippen LogP contribution in [0.15, 0.2) is 29.3 Å². The van der Waals surface area contributed by atoms with E-state index in [9.17, 15) is 4.79 Å². The maximum atomic E-state index is 12.1. The third kappa shape index (κ3) is 6.89. The number of nitrogens with one attached hydrogen (secondary N) is 2. The fourth-order valence-corrected chi connectivity index (χ4v) is 2.10. The Bertz CT molecular complexity index is 559. The predicted molar refractivity (Wildman–Crippen MR) is 98.2 cm³/mol. The number of guanidine groups is 1. The lowest BCUT2D eigenvalue weighted by Gasteiger charge is -2.24. The maximum absolute atomic E-state index is 12.1. The summed E-state index contributed by atoms with van der Waals surface area (Å²) < 4.78 is 5.35. The summed E-state index contributed by atoms with van der Waals surface area (Å²) in [5.74, 6) is 0.780. The van der Waals surface area contributed by atoms with Gasteiger partial charge >= 0.3 is 6.09 Å². The van der Waals surface area contributed by atoms with E-state index in [0.717, 1.165) is 5.56 Å². The van der Waals surface area contributed by atoms with Gasteiger partial charge in [0.15, 0.2) is 5.96 Å². The van der Waals surface area contributed by atoms with Gasteiger partial charge in [-0.05, 0) is 37.8 Å². The Labute approximate surface area is 144 Å². The summed E-state index contributed by atoms with van der Waals surface area (Å²) in [4.78, 5) is 16.0. The number of carbonyl (C=O) groups is 1. The highest BCUT2D eigenvalue weighted by Gasteiger charge is 2.20. The molecule has 0 aliphatic rings. The first kappa shape index (κ1) is 19.8. The summed E-state index contributed by atoms with van der Waals surface area (Å²) in [6.45, 7) is 10.2. The maximum Gasteiger partial charge on any atom is 0.408 e. The van der Waals surface area contributed by atoms with Crippen molar-refractivity contribution < 1.29 is 9.53 Å². The second-order valence-electron chi connectivity index (χ2n) is 7.01. The van der Waals surface area contributed by atoms with Crippen LogP contribution in [0.25, 0.3) is 0 Å². The number of carbonyl (C=O) groups excluding carboxylic acids is 1. The predicted octanol–water partition coefficient (Wildman–Crippen LogP) is 2.91. The molecule has 1 aromatic rings. The lowest BCUT2D eigenvalue weighted by Crippen LogP contribution is -2.42. The lowest BCUT2D eigenvalue weighted by molar-refractivity contribution is 0.0504. The van der Waals surface area contributed by atoms with Crippen LogP contribution in [0.3, 0.4) is 0 Å². The number of amides is 1. The van der Waals surface area contributed by atoms with Gasteiger partial charge in [0.2, 0.25) is 0 Å². The van der Waals surface area contributed by atoms with E-state index in [-0.39, 0.29) is 6.04 Å². The molecule has 0 bridgehead atoms. The van der Waals surface area contributed by atoms with Gasteiger partial charge in [0.1, 0.15) is 5.60 Å². The largest absolute Gasteiger partial charge is 0.444 e. The number of nitrogens with two attached hydrogens (primary N) is 1. The molecule has 0 spiro atoms. The minimum Gasteiger partial charge on any atom is -0.444 e. The van der Waals surface area contributed by atoms with Crippen LogP contribution in [-0.2, 0) is 4.74 Å². The number of alkyl carbamates (subject to hydrolysis) is 1. The summed E-state index contributed by atoms with van der Waals surface area (Å²) in [7, 11) is 1.61. The average molecular weight is 334 g/mol. The van der Waals surface area contributed by atoms with Gasteiger partial charge in [0.25, 0.3) is 0 Å². The average Bonchev–Trinajstić information content (AvgIpc) is 2.49. The first-order chi connectivity index (χ1) is 11.1. The quantitative estimate of drug-likeness (QED) is 0.570. The van der Waals surface area contributed by atoms with Crippen molar-refractivity contribution in [1.29, 1.82) is 0 Å². The van der Waals surface area contributed by atoms with Crippen LogP contribution in [0, 0.1) is 0 Å². The summed E-state index contributed by atoms with van der Waals surface area (Å²) >= 11 is 0. The highest BCUT2D eigenvalue weighted by atomic mass is 16.6. The standard InChI is InChI=1S/C18H30N4O2/c1-12(2)13-7-9-14(10-8-13)15(11-21-16(19)20-6)22-17(23)24-18(3,4)5/h7-10,12,15H,11H2,1-6H3,(H,22,23)(H3,19,20,21). The van der Waals surface area contributed by atoms with Gasteiger partial charge in [-0.1, -0.05) is 38.1 Å². The Morgan fingerprint density at radius 3 is 2.21 bits per heavy atom. The number of hydrogen-bond donors (Lipinski definition) is 3. The van der Waals surface area contributed by atoms with Crippen LogP contribution >= 0.6 is 0 Å². The van der Waals surface area contributed by atoms with Crippen molar-refractivity contribution in [1.82, 2.24) is 10.6 Å². The normalized spacial score (nSPS) is 13.5. The van der Waals surface area contributed by atoms with E-state index < -0.39 is 11.7 Å². The minimum absolute atomic E-state index is 0.277. The summed E-state index contributed by atoms with van der Waals surface area (Å²) in [5.41, 5.74) is 7.36. The number of hydrogen-bond acceptors (Lipinski definition) is 3. The van der Waals surface area contributed by atoms with Crippen LogP contribution in [0.1, 0.15) is 57.7 Å². The molecule has 24 heavy (non-hydrogen) atoms. The van der Waals surface area contributed by atoms with Crippen molar-refractivity contribution >= 4 is 12.1 Å². The number of rotatable bonds is 5. The van der Waals surface area contributed by atoms with Gasteiger partial charge in [-0.15, -0.1) is 0 Å². The van der Waals surface area contributed by atoms with Crippen molar-refractivity contribution in [3.8, 4) is 0 Å². The molecular formula is C18H30N4O2. The van der Waals surface area contributed by atoms with Crippen LogP contribution in [0.2, 0.25) is 0 Å². The van der Waals surface area contributed by atoms with E-state index in [4.69, 9.17) is 10.5 Å². The van der Waals surface area contributed by atoms with Crippen molar-refractivity contribution in [3.63, 3.8) is 0 Å². The number of nitrogens with zero attached hydrogens (tertiary/aromatic N) is 1. The van der Waals surface area contributed by atoms with E-state index in [1.54, 1.807) is 7.05 Å². The minimum atomic E-state index is -0.548. The van der Waals surface area contributed by atoms with Gasteiger partial charge in [0.05, 0.1) is 6.04 Å². The fourth-order valence-electron chi connectivity index (χ4n) is 2.10. The van der Waals surface area contributed by atoms with Gasteiger partial charge in [-0.3, -0.25) is 4.99 Å². The van der Waals surface area contributed by atoms with E-state index >= 15 is 0 Å². The molecular weight excluding hydrogens is 304 g/mol. The highest BCUT2D eigenvalue weighted by molar-refractivity contribution is 5.77. The molecule has 0 heterocycles. The Morgan fingerprint density at radius 2 is 1.75 bits per heavy atom. The monoisotopic (exact) mass is 334 g/mol. The number of aliphatic imine (C=N–C) groups is 1. The molecule has 0 aliphatic heterocycles. The zero-order valence-corrected chi connectivity index (χ0v) is 15.5. The molecule has 0 fully saturated rings. The molecule has 0 aliphatic carbocycles. The van der Waals surface area contributed by atoms with E-state index in [2.05, 4.69) is 41.6 Å². The topological polar surface area (TPSA) is 88.7 Å². The fraction of sp³-hybridized carbons (Fsp3) is 0.556. The smallest absolute Gasteiger partial charge is 0.408 e. The van der Waals surface area contributed by atoms with Gasteiger partial charge in [-0.2, -0.15) is 0 Å². The van der Waals surface area contributed by atoms with Crippen LogP contribution in [0.5, 0.6) is 0 Å². The molecule has 4 N–H and O–H groups in total. The van der Waals surface area contributed by atoms with Crippen molar-refractivity contribution in [2.75, 3.05) is 13.6 Å². The van der Waals surface area contributed by atoms with Crippen LogP contribution in [0.4, 0.5) is 4.79 Å². The van der Waals surface area contributed by atoms with Crippen molar-refractivity contribution in [2.45, 2.75) is 52.2 Å². The Morgan fingerprint density at radius 1 is 1.21 bits per heavy atom. The highest BCUT2D eigenvalue weighted by Crippen LogP contribution is 2.19. The Kier molecular flexibility index (Phi) is 7.07. The van der Waals surface area contributed by atoms with Gasteiger partial charge < -0.3 is 21.1 Å². The summed E-state index contributed by atoms with van der Waals surface area (Å²) in [6.07, 6.45) is -0.464. The first-order valence-corrected chi connectivity index (χ1v) is 8.18. The Balaban J connectivity index is 2.89. The SMILES string of the molecule is CN=C(N)NCC(NC(=O)OC(C)(C)C)c1ccc(C(C)C)cc1. The third-order valence-electron chi connectivity index (χ3n) is 3.42. The van der Waals surface area contributed by atoms with E-state index in [1.807, 2.05) is 32.9 Å². The molecule has 0 radical (unpaired) electrons. The van der Waals surface area contributed by atoms with Gasteiger partial charge in [0, 0.05) is 13.6 Å². The first-order valence-electron chi connectivity index (χ1n) is 8.18. The van der Waals surface area contributed by atoms with E-state index in [1.165, 1.54) is 5.56 Å². The molecule has 1 unspecified atom stereocenters. The molecule has 1 amide bonds. The van der Waals surface area contributed by atoms with E-state index in [0.29, 0.717) is 18.4 Å². The molecule has 1 rings (SSSR count). The summed E-state index contributed by atoms with van der Waals surface area (Å²) in [6, 6.07) is 7.89. The third-order valence-corrected chi connectivity index (χ3v) is 3.42. The lowest BCUT2D eigenvalue weighted by atomic mass is 9.99. The van der Waals surface area contributed by atoms with Crippen molar-refractivity contribution in [2.24, 2.45) is 10.7 Å². The van der Waals surface area contributed by atoms with Gasteiger partial charge in [-0.25, -0.2) is 4.79 Å². The molecule has 1 atom stereocenters. The summed E-state index contributed by atoms with van der Waals surface area (Å²) in [5, 5.41) is 5.88. The molecule has 134 valence electrons. The molecule has 1 aromatic carbocycles. The zero-order chi connectivity index (χ0) is 18.3. The molecule has 6 heteroatoms. The second kappa shape index (κ2) is 8.57. The molecule has 0 aromatic heterocycles. The van der Waals surface area contributed by atoms with Crippen molar-refractivity contribution in [3.05, 3.63) is 35.4 Å². The zero-order valence-electron chi connectivity index (χ0n) is 15.5. The van der Waals surface area contributed by atoms with Crippen LogP contribution < -0.4 is 16.4 Å². The second-order valence-corrected chi connectivity index (χ2v) is 7.01. The van der Waals surface area contributed by atoms with Crippen LogP contribution in [-0.4, -0.2) is 31.2 Å². The number of benzene rings is 1. The number of ether oxygens (including phenoxy) is 1. The Hall–Kier alpha value is -2.24. The molecule has 0 saturated heterocycles. The molecule has 0 saturated carbocycles. The molecule has 6 nitrogen and oxygen atoms in total.